The first kappa shape index (κ1) is 23.5. The zero-order chi connectivity index (χ0) is 23.0. The topological polar surface area (TPSA) is 78.7 Å². The van der Waals surface area contributed by atoms with Crippen molar-refractivity contribution in [3.63, 3.8) is 0 Å². The highest BCUT2D eigenvalue weighted by Gasteiger charge is 2.34. The van der Waals surface area contributed by atoms with Gasteiger partial charge in [0.05, 0.1) is 11.3 Å². The Morgan fingerprint density at radius 1 is 1.35 bits per heavy atom. The number of rotatable bonds is 4. The molecule has 0 aromatic carbocycles. The van der Waals surface area contributed by atoms with Crippen molar-refractivity contribution in [3.8, 4) is 6.07 Å². The molecule has 0 radical (unpaired) electrons. The molecule has 0 bridgehead atoms. The van der Waals surface area contributed by atoms with Crippen LogP contribution in [0.5, 0.6) is 0 Å². The van der Waals surface area contributed by atoms with E-state index in [9.17, 15) is 23.2 Å². The number of amides is 1. The lowest BCUT2D eigenvalue weighted by Crippen LogP contribution is -2.26. The van der Waals surface area contributed by atoms with Crippen molar-refractivity contribution in [1.29, 1.82) is 5.26 Å². The van der Waals surface area contributed by atoms with E-state index < -0.39 is 17.8 Å². The highest BCUT2D eigenvalue weighted by atomic mass is 32.2. The molecule has 3 rings (SSSR count). The van der Waals surface area contributed by atoms with Gasteiger partial charge in [0.25, 0.3) is 0 Å². The molecule has 1 aliphatic rings. The summed E-state index contributed by atoms with van der Waals surface area (Å²) in [4.78, 5) is 21.0. The average Bonchev–Trinajstić information content (AvgIpc) is 3.00. The molecule has 2 aromatic heterocycles. The van der Waals surface area contributed by atoms with Crippen LogP contribution in [-0.2, 0) is 23.8 Å². The summed E-state index contributed by atoms with van der Waals surface area (Å²) in [6.07, 6.45) is -1.90. The molecule has 10 heteroatoms. The van der Waals surface area contributed by atoms with Gasteiger partial charge in [0, 0.05) is 10.6 Å². The number of nitriles is 1. The Hall–Kier alpha value is -2.12. The zero-order valence-electron chi connectivity index (χ0n) is 17.7. The van der Waals surface area contributed by atoms with Crippen LogP contribution in [0.3, 0.4) is 0 Å². The Bertz CT molecular complexity index is 1030. The van der Waals surface area contributed by atoms with Crippen LogP contribution in [0.4, 0.5) is 18.2 Å². The second-order valence-corrected chi connectivity index (χ2v) is 10.7. The Kier molecular flexibility index (Phi) is 6.67. The third kappa shape index (κ3) is 5.57. The van der Waals surface area contributed by atoms with Gasteiger partial charge < -0.3 is 5.32 Å². The maximum atomic E-state index is 12.9. The Morgan fingerprint density at radius 3 is 2.68 bits per heavy atom. The SMILES string of the molecule is Cc1cc(C(F)(F)F)nc(SCC(=O)Nc2sc3c(c2C#N)CC[C@H](C(C)(C)C)C3)n1. The lowest BCUT2D eigenvalue weighted by molar-refractivity contribution is -0.141. The summed E-state index contributed by atoms with van der Waals surface area (Å²) in [5.74, 6) is -0.0598. The van der Waals surface area contributed by atoms with Crippen LogP contribution >= 0.6 is 23.1 Å². The first-order valence-electron chi connectivity index (χ1n) is 9.78. The molecule has 1 amide bonds. The minimum Gasteiger partial charge on any atom is -0.316 e. The number of thioether (sulfide) groups is 1. The monoisotopic (exact) mass is 468 g/mol. The van der Waals surface area contributed by atoms with E-state index in [0.29, 0.717) is 16.5 Å². The molecule has 0 saturated heterocycles. The number of anilines is 1. The fourth-order valence-corrected chi connectivity index (χ4v) is 5.57. The van der Waals surface area contributed by atoms with E-state index in [2.05, 4.69) is 42.1 Å². The zero-order valence-corrected chi connectivity index (χ0v) is 19.3. The number of nitrogens with zero attached hydrogens (tertiary/aromatic N) is 3. The van der Waals surface area contributed by atoms with E-state index in [4.69, 9.17) is 0 Å². The highest BCUT2D eigenvalue weighted by molar-refractivity contribution is 7.99. The molecular weight excluding hydrogens is 445 g/mol. The van der Waals surface area contributed by atoms with E-state index in [1.54, 1.807) is 0 Å². The molecule has 31 heavy (non-hydrogen) atoms. The first-order chi connectivity index (χ1) is 14.4. The van der Waals surface area contributed by atoms with Crippen LogP contribution in [0, 0.1) is 29.6 Å². The second-order valence-electron chi connectivity index (χ2n) is 8.64. The summed E-state index contributed by atoms with van der Waals surface area (Å²) in [5, 5.41) is 12.8. The van der Waals surface area contributed by atoms with E-state index >= 15 is 0 Å². The fraction of sp³-hybridized carbons (Fsp3) is 0.524. The van der Waals surface area contributed by atoms with Crippen molar-refractivity contribution in [1.82, 2.24) is 9.97 Å². The molecular formula is C21H23F3N4OS2. The quantitative estimate of drug-likeness (QED) is 0.466. The molecule has 1 aliphatic carbocycles. The Balaban J connectivity index is 1.70. The number of halogens is 3. The molecule has 2 aromatic rings. The number of aromatic nitrogens is 2. The van der Waals surface area contributed by atoms with Gasteiger partial charge >= 0.3 is 6.18 Å². The molecule has 5 nitrogen and oxygen atoms in total. The molecule has 1 N–H and O–H groups in total. The summed E-state index contributed by atoms with van der Waals surface area (Å²) in [5.41, 5.74) is 0.812. The van der Waals surface area contributed by atoms with E-state index in [1.165, 1.54) is 18.3 Å². The number of fused-ring (bicyclic) bond motifs is 1. The average molecular weight is 469 g/mol. The van der Waals surface area contributed by atoms with E-state index in [-0.39, 0.29) is 22.0 Å². The van der Waals surface area contributed by atoms with Gasteiger partial charge in [0.2, 0.25) is 5.91 Å². The number of carbonyl (C=O) groups is 1. The first-order valence-corrected chi connectivity index (χ1v) is 11.6. The van der Waals surface area contributed by atoms with Crippen molar-refractivity contribution < 1.29 is 18.0 Å². The molecule has 166 valence electrons. The summed E-state index contributed by atoms with van der Waals surface area (Å²) in [6, 6.07) is 3.07. The summed E-state index contributed by atoms with van der Waals surface area (Å²) in [7, 11) is 0. The van der Waals surface area contributed by atoms with Gasteiger partial charge in [0.1, 0.15) is 16.8 Å². The lowest BCUT2D eigenvalue weighted by atomic mass is 9.72. The standard InChI is InChI=1S/C21H23F3N4OS2/c1-11-7-16(21(22,23)24)27-19(26-11)30-10-17(29)28-18-14(9-25)13-6-5-12(20(2,3)4)8-15(13)31-18/h7,12H,5-6,8,10H2,1-4H3,(H,28,29)/t12-/m0/s1. The molecule has 0 aliphatic heterocycles. The molecule has 0 fully saturated rings. The van der Waals surface area contributed by atoms with Gasteiger partial charge in [-0.1, -0.05) is 32.5 Å². The van der Waals surface area contributed by atoms with Crippen molar-refractivity contribution in [2.24, 2.45) is 11.3 Å². The van der Waals surface area contributed by atoms with Crippen molar-refractivity contribution in [2.75, 3.05) is 11.1 Å². The third-order valence-electron chi connectivity index (χ3n) is 5.31. The number of hydrogen-bond donors (Lipinski definition) is 1. The second kappa shape index (κ2) is 8.79. The Morgan fingerprint density at radius 2 is 2.06 bits per heavy atom. The summed E-state index contributed by atoms with van der Waals surface area (Å²) >= 11 is 2.25. The van der Waals surface area contributed by atoms with Gasteiger partial charge in [-0.15, -0.1) is 11.3 Å². The number of alkyl halides is 3. The molecule has 0 saturated carbocycles. The highest BCUT2D eigenvalue weighted by Crippen LogP contribution is 2.44. The smallest absolute Gasteiger partial charge is 0.316 e. The van der Waals surface area contributed by atoms with Gasteiger partial charge in [0.15, 0.2) is 5.16 Å². The van der Waals surface area contributed by atoms with Crippen molar-refractivity contribution >= 4 is 34.0 Å². The van der Waals surface area contributed by atoms with Crippen LogP contribution < -0.4 is 5.32 Å². The largest absolute Gasteiger partial charge is 0.433 e. The van der Waals surface area contributed by atoms with E-state index in [1.807, 2.05) is 0 Å². The number of aryl methyl sites for hydroxylation is 1. The van der Waals surface area contributed by atoms with Crippen LogP contribution in [0.1, 0.15) is 54.6 Å². The van der Waals surface area contributed by atoms with Crippen LogP contribution in [0.15, 0.2) is 11.2 Å². The fourth-order valence-electron chi connectivity index (χ4n) is 3.58. The van der Waals surface area contributed by atoms with Crippen LogP contribution in [-0.4, -0.2) is 21.6 Å². The maximum Gasteiger partial charge on any atom is 0.433 e. The molecule has 1 atom stereocenters. The molecule has 0 spiro atoms. The van der Waals surface area contributed by atoms with Crippen molar-refractivity contribution in [2.45, 2.75) is 58.3 Å². The number of nitrogens with one attached hydrogen (secondary N) is 1. The normalized spacial score (nSPS) is 16.5. The predicted molar refractivity (Wildman–Crippen MR) is 115 cm³/mol. The van der Waals surface area contributed by atoms with Gasteiger partial charge in [-0.3, -0.25) is 4.79 Å². The van der Waals surface area contributed by atoms with E-state index in [0.717, 1.165) is 47.5 Å². The summed E-state index contributed by atoms with van der Waals surface area (Å²) < 4.78 is 38.8. The van der Waals surface area contributed by atoms with Crippen molar-refractivity contribution in [3.05, 3.63) is 33.5 Å². The number of thiophene rings is 1. The van der Waals surface area contributed by atoms with Gasteiger partial charge in [-0.25, -0.2) is 9.97 Å². The number of carbonyl (C=O) groups excluding carboxylic acids is 1. The minimum absolute atomic E-state index is 0.110. The predicted octanol–water partition coefficient (Wildman–Crippen LogP) is 5.62. The Labute approximate surface area is 187 Å². The molecule has 2 heterocycles. The maximum absolute atomic E-state index is 12.9. The summed E-state index contributed by atoms with van der Waals surface area (Å²) in [6.45, 7) is 8.07. The molecule has 0 unspecified atom stereocenters. The third-order valence-corrected chi connectivity index (χ3v) is 7.33. The van der Waals surface area contributed by atoms with Crippen LogP contribution in [0.25, 0.3) is 0 Å². The lowest BCUT2D eigenvalue weighted by Gasteiger charge is -2.33. The number of hydrogen-bond acceptors (Lipinski definition) is 6. The minimum atomic E-state index is -4.58. The van der Waals surface area contributed by atoms with Crippen LogP contribution in [0.2, 0.25) is 0 Å². The van der Waals surface area contributed by atoms with Gasteiger partial charge in [-0.05, 0) is 49.1 Å². The van der Waals surface area contributed by atoms with Gasteiger partial charge in [-0.2, -0.15) is 18.4 Å².